The van der Waals surface area contributed by atoms with E-state index in [1.165, 1.54) is 12.1 Å². The Morgan fingerprint density at radius 1 is 1.24 bits per heavy atom. The van der Waals surface area contributed by atoms with Gasteiger partial charge in [-0.2, -0.15) is 0 Å². The molecule has 0 saturated heterocycles. The molecule has 3 rings (SSSR count). The Balaban J connectivity index is 1.79. The number of urea groups is 1. The maximum atomic E-state index is 13.1. The molecule has 0 bridgehead atoms. The second-order valence-corrected chi connectivity index (χ2v) is 5.02. The van der Waals surface area contributed by atoms with Crippen LogP contribution in [0.15, 0.2) is 42.5 Å². The summed E-state index contributed by atoms with van der Waals surface area (Å²) in [6.07, 6.45) is 1.67. The summed E-state index contributed by atoms with van der Waals surface area (Å²) in [4.78, 5) is 11.0. The van der Waals surface area contributed by atoms with E-state index >= 15 is 0 Å². The molecular formula is C16H15FN2O2. The number of hydrogen-bond acceptors (Lipinski definition) is 2. The Kier molecular flexibility index (Phi) is 3.48. The summed E-state index contributed by atoms with van der Waals surface area (Å²) >= 11 is 0. The SMILES string of the molecule is NC(=O)NC1CCc2cc(Oc3cccc(F)c3)ccc21. The average molecular weight is 286 g/mol. The highest BCUT2D eigenvalue weighted by Crippen LogP contribution is 2.34. The van der Waals surface area contributed by atoms with Gasteiger partial charge in [0.05, 0.1) is 6.04 Å². The molecule has 0 spiro atoms. The third-order valence-electron chi connectivity index (χ3n) is 3.54. The van der Waals surface area contributed by atoms with E-state index in [0.717, 1.165) is 24.0 Å². The Morgan fingerprint density at radius 2 is 2.05 bits per heavy atom. The van der Waals surface area contributed by atoms with Crippen molar-refractivity contribution in [2.45, 2.75) is 18.9 Å². The Labute approximate surface area is 121 Å². The van der Waals surface area contributed by atoms with Crippen molar-refractivity contribution in [3.8, 4) is 11.5 Å². The zero-order chi connectivity index (χ0) is 14.8. The van der Waals surface area contributed by atoms with Crippen LogP contribution in [0, 0.1) is 5.82 Å². The van der Waals surface area contributed by atoms with E-state index in [9.17, 15) is 9.18 Å². The molecule has 2 aromatic rings. The summed E-state index contributed by atoms with van der Waals surface area (Å²) in [7, 11) is 0. The maximum Gasteiger partial charge on any atom is 0.312 e. The van der Waals surface area contributed by atoms with Gasteiger partial charge in [-0.15, -0.1) is 0 Å². The highest BCUT2D eigenvalue weighted by Gasteiger charge is 2.23. The van der Waals surface area contributed by atoms with Crippen molar-refractivity contribution in [1.82, 2.24) is 5.32 Å². The lowest BCUT2D eigenvalue weighted by atomic mass is 10.1. The zero-order valence-corrected chi connectivity index (χ0v) is 11.3. The van der Waals surface area contributed by atoms with Crippen LogP contribution in [0.1, 0.15) is 23.6 Å². The van der Waals surface area contributed by atoms with Gasteiger partial charge in [0.1, 0.15) is 17.3 Å². The first kappa shape index (κ1) is 13.4. The van der Waals surface area contributed by atoms with Gasteiger partial charge in [0.25, 0.3) is 0 Å². The minimum absolute atomic E-state index is 0.0410. The van der Waals surface area contributed by atoms with E-state index in [1.807, 2.05) is 18.2 Å². The molecule has 0 aromatic heterocycles. The molecule has 4 nitrogen and oxygen atoms in total. The number of nitrogens with one attached hydrogen (secondary N) is 1. The largest absolute Gasteiger partial charge is 0.457 e. The summed E-state index contributed by atoms with van der Waals surface area (Å²) in [6.45, 7) is 0. The number of aryl methyl sites for hydroxylation is 1. The lowest BCUT2D eigenvalue weighted by Crippen LogP contribution is -2.32. The molecule has 1 aliphatic carbocycles. The Bertz CT molecular complexity index is 688. The average Bonchev–Trinajstić information content (AvgIpc) is 2.81. The van der Waals surface area contributed by atoms with Crippen molar-refractivity contribution >= 4 is 6.03 Å². The molecule has 108 valence electrons. The van der Waals surface area contributed by atoms with Gasteiger partial charge in [-0.3, -0.25) is 0 Å². The molecule has 0 heterocycles. The van der Waals surface area contributed by atoms with E-state index < -0.39 is 6.03 Å². The predicted molar refractivity (Wildman–Crippen MR) is 76.7 cm³/mol. The Hall–Kier alpha value is -2.56. The molecule has 2 amide bonds. The van der Waals surface area contributed by atoms with Crippen LogP contribution in [-0.2, 0) is 6.42 Å². The smallest absolute Gasteiger partial charge is 0.312 e. The molecule has 3 N–H and O–H groups in total. The summed E-state index contributed by atoms with van der Waals surface area (Å²) in [5.41, 5.74) is 7.33. The van der Waals surface area contributed by atoms with Crippen molar-refractivity contribution in [1.29, 1.82) is 0 Å². The van der Waals surface area contributed by atoms with Gasteiger partial charge in [0.2, 0.25) is 0 Å². The molecule has 0 radical (unpaired) electrons. The van der Waals surface area contributed by atoms with Gasteiger partial charge in [0, 0.05) is 6.07 Å². The van der Waals surface area contributed by atoms with E-state index in [-0.39, 0.29) is 11.9 Å². The first-order valence-electron chi connectivity index (χ1n) is 6.74. The van der Waals surface area contributed by atoms with Gasteiger partial charge in [0.15, 0.2) is 0 Å². The minimum Gasteiger partial charge on any atom is -0.457 e. The second-order valence-electron chi connectivity index (χ2n) is 5.02. The van der Waals surface area contributed by atoms with Crippen LogP contribution in [-0.4, -0.2) is 6.03 Å². The van der Waals surface area contributed by atoms with E-state index in [0.29, 0.717) is 11.5 Å². The predicted octanol–water partition coefficient (Wildman–Crippen LogP) is 3.27. The number of rotatable bonds is 3. The van der Waals surface area contributed by atoms with Gasteiger partial charge < -0.3 is 15.8 Å². The number of ether oxygens (including phenoxy) is 1. The number of amides is 2. The number of halogens is 1. The number of primary amides is 1. The van der Waals surface area contributed by atoms with E-state index in [4.69, 9.17) is 10.5 Å². The number of carbonyl (C=O) groups is 1. The fraction of sp³-hybridized carbons (Fsp3) is 0.188. The number of carbonyl (C=O) groups excluding carboxylic acids is 1. The van der Waals surface area contributed by atoms with Crippen LogP contribution < -0.4 is 15.8 Å². The third-order valence-corrected chi connectivity index (χ3v) is 3.54. The monoisotopic (exact) mass is 286 g/mol. The molecule has 0 fully saturated rings. The van der Waals surface area contributed by atoms with Crippen molar-refractivity contribution in [2.75, 3.05) is 0 Å². The highest BCUT2D eigenvalue weighted by atomic mass is 19.1. The van der Waals surface area contributed by atoms with Gasteiger partial charge in [-0.05, 0) is 48.2 Å². The van der Waals surface area contributed by atoms with Crippen LogP contribution in [0.4, 0.5) is 9.18 Å². The number of fused-ring (bicyclic) bond motifs is 1. The van der Waals surface area contributed by atoms with Gasteiger partial charge in [-0.25, -0.2) is 9.18 Å². The lowest BCUT2D eigenvalue weighted by molar-refractivity contribution is 0.245. The van der Waals surface area contributed by atoms with Crippen molar-refractivity contribution in [2.24, 2.45) is 5.73 Å². The minimum atomic E-state index is -0.520. The number of nitrogens with two attached hydrogens (primary N) is 1. The fourth-order valence-corrected chi connectivity index (χ4v) is 2.65. The molecule has 2 aromatic carbocycles. The molecule has 5 heteroatoms. The van der Waals surface area contributed by atoms with E-state index in [1.54, 1.807) is 12.1 Å². The standard InChI is InChI=1S/C16H15FN2O2/c17-11-2-1-3-12(9-11)21-13-5-6-14-10(8-13)4-7-15(14)19-16(18)20/h1-3,5-6,8-9,15H,4,7H2,(H3,18,19,20). The first-order chi connectivity index (χ1) is 10.1. The maximum absolute atomic E-state index is 13.1. The second kappa shape index (κ2) is 5.44. The molecular weight excluding hydrogens is 271 g/mol. The quantitative estimate of drug-likeness (QED) is 0.909. The molecule has 21 heavy (non-hydrogen) atoms. The van der Waals surface area contributed by atoms with Crippen LogP contribution in [0.5, 0.6) is 11.5 Å². The summed E-state index contributed by atoms with van der Waals surface area (Å²) in [6, 6.07) is 11.1. The third kappa shape index (κ3) is 2.97. The first-order valence-corrected chi connectivity index (χ1v) is 6.74. The lowest BCUT2D eigenvalue weighted by Gasteiger charge is -2.13. The summed E-state index contributed by atoms with van der Waals surface area (Å²) in [5.74, 6) is 0.776. The summed E-state index contributed by atoms with van der Waals surface area (Å²) in [5, 5.41) is 2.72. The fourth-order valence-electron chi connectivity index (χ4n) is 2.65. The molecule has 0 aliphatic heterocycles. The van der Waals surface area contributed by atoms with Crippen LogP contribution >= 0.6 is 0 Å². The molecule has 1 atom stereocenters. The highest BCUT2D eigenvalue weighted by molar-refractivity contribution is 5.72. The molecule has 1 aliphatic rings. The van der Waals surface area contributed by atoms with Crippen molar-refractivity contribution < 1.29 is 13.9 Å². The van der Waals surface area contributed by atoms with Crippen molar-refractivity contribution in [3.63, 3.8) is 0 Å². The van der Waals surface area contributed by atoms with Crippen LogP contribution in [0.25, 0.3) is 0 Å². The van der Waals surface area contributed by atoms with E-state index in [2.05, 4.69) is 5.32 Å². The Morgan fingerprint density at radius 3 is 2.81 bits per heavy atom. The zero-order valence-electron chi connectivity index (χ0n) is 11.3. The normalized spacial score (nSPS) is 16.3. The number of benzene rings is 2. The molecule has 1 unspecified atom stereocenters. The summed E-state index contributed by atoms with van der Waals surface area (Å²) < 4.78 is 18.8. The topological polar surface area (TPSA) is 64.4 Å². The van der Waals surface area contributed by atoms with Crippen LogP contribution in [0.3, 0.4) is 0 Å². The van der Waals surface area contributed by atoms with Crippen LogP contribution in [0.2, 0.25) is 0 Å². The van der Waals surface area contributed by atoms with Crippen molar-refractivity contribution in [3.05, 3.63) is 59.4 Å². The van der Waals surface area contributed by atoms with Gasteiger partial charge >= 0.3 is 6.03 Å². The van der Waals surface area contributed by atoms with Gasteiger partial charge in [-0.1, -0.05) is 12.1 Å². The number of hydrogen-bond donors (Lipinski definition) is 2. The molecule has 0 saturated carbocycles.